The second kappa shape index (κ2) is 9.68. The van der Waals surface area contributed by atoms with Crippen molar-refractivity contribution in [1.29, 1.82) is 0 Å². The third kappa shape index (κ3) is 6.16. The van der Waals surface area contributed by atoms with E-state index in [0.717, 1.165) is 37.1 Å². The van der Waals surface area contributed by atoms with Gasteiger partial charge in [0.15, 0.2) is 0 Å². The maximum absolute atomic E-state index is 10.1. The number of nitrogens with zero attached hydrogens (tertiary/aromatic N) is 2. The first-order chi connectivity index (χ1) is 12.6. The second-order valence-corrected chi connectivity index (χ2v) is 5.50. The zero-order valence-electron chi connectivity index (χ0n) is 14.0. The largest absolute Gasteiger partial charge is 0.269 e. The van der Waals surface area contributed by atoms with Crippen molar-refractivity contribution < 1.29 is 9.85 Å². The van der Waals surface area contributed by atoms with Crippen LogP contribution >= 0.6 is 0 Å². The molecule has 0 saturated carbocycles. The van der Waals surface area contributed by atoms with E-state index >= 15 is 0 Å². The first kappa shape index (κ1) is 18.8. The molecule has 0 atom stereocenters. The molecule has 3 aromatic carbocycles. The molecule has 0 unspecified atom stereocenters. The number of aryl methyl sites for hydroxylation is 2. The van der Waals surface area contributed by atoms with Gasteiger partial charge in [-0.3, -0.25) is 20.2 Å². The molecule has 132 valence electrons. The predicted molar refractivity (Wildman–Crippen MR) is 100 cm³/mol. The van der Waals surface area contributed by atoms with Crippen molar-refractivity contribution in [3.63, 3.8) is 0 Å². The van der Waals surface area contributed by atoms with E-state index in [9.17, 15) is 20.2 Å². The van der Waals surface area contributed by atoms with Crippen LogP contribution in [0, 0.1) is 20.2 Å². The van der Waals surface area contributed by atoms with Crippen molar-refractivity contribution in [3.05, 3.63) is 116 Å². The van der Waals surface area contributed by atoms with E-state index in [4.69, 9.17) is 0 Å². The molecule has 0 radical (unpaired) electrons. The van der Waals surface area contributed by atoms with Crippen LogP contribution in [0.4, 0.5) is 11.4 Å². The Hall–Kier alpha value is -3.54. The summed E-state index contributed by atoms with van der Waals surface area (Å²) in [5.74, 6) is 0. The topological polar surface area (TPSA) is 86.3 Å². The molecule has 0 bridgehead atoms. The van der Waals surface area contributed by atoms with Crippen LogP contribution in [0.3, 0.4) is 0 Å². The van der Waals surface area contributed by atoms with E-state index in [1.165, 1.54) is 11.1 Å². The molecule has 3 rings (SSSR count). The highest BCUT2D eigenvalue weighted by Gasteiger charge is 2.08. The summed E-state index contributed by atoms with van der Waals surface area (Å²) < 4.78 is 0. The second-order valence-electron chi connectivity index (χ2n) is 5.50. The van der Waals surface area contributed by atoms with Crippen LogP contribution in [0.15, 0.2) is 84.9 Å². The molecule has 0 N–H and O–H groups in total. The van der Waals surface area contributed by atoms with Crippen molar-refractivity contribution in [2.75, 3.05) is 0 Å². The van der Waals surface area contributed by atoms with Crippen LogP contribution in [0.5, 0.6) is 0 Å². The van der Waals surface area contributed by atoms with Crippen molar-refractivity contribution in [2.24, 2.45) is 0 Å². The Balaban J connectivity index is 0.000000190. The third-order valence-electron chi connectivity index (χ3n) is 3.66. The Bertz CT molecular complexity index is 762. The molecular formula is C20H18N2O4. The van der Waals surface area contributed by atoms with E-state index in [1.807, 2.05) is 0 Å². The summed E-state index contributed by atoms with van der Waals surface area (Å²) in [7, 11) is 0. The van der Waals surface area contributed by atoms with Gasteiger partial charge < -0.3 is 0 Å². The number of non-ortho nitro benzene ring substituents is 2. The quantitative estimate of drug-likeness (QED) is 0.480. The normalized spacial score (nSPS) is 9.69. The van der Waals surface area contributed by atoms with E-state index < -0.39 is 9.85 Å². The lowest BCUT2D eigenvalue weighted by Gasteiger charge is -2.01. The summed E-state index contributed by atoms with van der Waals surface area (Å²) in [6.45, 7) is 0. The predicted octanol–water partition coefficient (Wildman–Crippen LogP) is 4.97. The monoisotopic (exact) mass is 350 g/mol. The molecule has 0 heterocycles. The molecule has 0 aromatic heterocycles. The lowest BCUT2D eigenvalue weighted by Crippen LogP contribution is -1.90. The zero-order valence-corrected chi connectivity index (χ0v) is 14.0. The number of hydrogen-bond donors (Lipinski definition) is 0. The van der Waals surface area contributed by atoms with E-state index in [1.54, 1.807) is 0 Å². The van der Waals surface area contributed by atoms with Crippen molar-refractivity contribution in [1.82, 2.24) is 0 Å². The average Bonchev–Trinajstić information content (AvgIpc) is 2.68. The Morgan fingerprint density at radius 2 is 0.846 bits per heavy atom. The van der Waals surface area contributed by atoms with Crippen LogP contribution in [0.1, 0.15) is 11.1 Å². The maximum atomic E-state index is 10.1. The Labute approximate surface area is 151 Å². The summed E-state index contributed by atoms with van der Waals surface area (Å²) in [6.07, 6.45) is 2.26. The van der Waals surface area contributed by atoms with Gasteiger partial charge in [0.25, 0.3) is 11.4 Å². The van der Waals surface area contributed by atoms with Gasteiger partial charge >= 0.3 is 0 Å². The van der Waals surface area contributed by atoms with Crippen molar-refractivity contribution >= 4 is 11.4 Å². The molecule has 6 heteroatoms. The fraction of sp³-hybridized carbons (Fsp3) is 0.100. The Kier molecular flexibility index (Phi) is 7.00. The van der Waals surface area contributed by atoms with Crippen LogP contribution in [0.2, 0.25) is 0 Å². The summed E-state index contributed by atoms with van der Waals surface area (Å²) in [5, 5.41) is 20.2. The summed E-state index contributed by atoms with van der Waals surface area (Å²) in [4.78, 5) is 19.0. The minimum absolute atomic E-state index is 0.152. The molecule has 26 heavy (non-hydrogen) atoms. The molecule has 3 aromatic rings. The van der Waals surface area contributed by atoms with E-state index in [-0.39, 0.29) is 11.4 Å². The minimum Gasteiger partial charge on any atom is -0.258 e. The Morgan fingerprint density at radius 3 is 1.12 bits per heavy atom. The van der Waals surface area contributed by atoms with Gasteiger partial charge in [0, 0.05) is 24.3 Å². The maximum Gasteiger partial charge on any atom is 0.269 e. The van der Waals surface area contributed by atoms with Crippen LogP contribution in [-0.2, 0) is 12.8 Å². The number of rotatable bonds is 5. The van der Waals surface area contributed by atoms with Gasteiger partial charge in [-0.25, -0.2) is 0 Å². The van der Waals surface area contributed by atoms with Crippen molar-refractivity contribution in [3.8, 4) is 0 Å². The fourth-order valence-electron chi connectivity index (χ4n) is 2.27. The first-order valence-corrected chi connectivity index (χ1v) is 8.03. The van der Waals surface area contributed by atoms with E-state index in [2.05, 4.69) is 60.7 Å². The van der Waals surface area contributed by atoms with Crippen LogP contribution in [0.25, 0.3) is 0 Å². The molecule has 0 amide bonds. The molecular weight excluding hydrogens is 332 g/mol. The highest BCUT2D eigenvalue weighted by atomic mass is 16.6. The van der Waals surface area contributed by atoms with Crippen LogP contribution < -0.4 is 0 Å². The fourth-order valence-corrected chi connectivity index (χ4v) is 2.27. The molecule has 0 spiro atoms. The molecule has 0 saturated heterocycles. The molecule has 0 aliphatic heterocycles. The van der Waals surface area contributed by atoms with Crippen LogP contribution in [-0.4, -0.2) is 9.85 Å². The van der Waals surface area contributed by atoms with Gasteiger partial charge in [0.2, 0.25) is 0 Å². The number of hydrogen-bond acceptors (Lipinski definition) is 4. The smallest absolute Gasteiger partial charge is 0.258 e. The number of nitro groups is 2. The summed E-state index contributed by atoms with van der Waals surface area (Å²) in [5.41, 5.74) is 2.52. The highest BCUT2D eigenvalue weighted by molar-refractivity contribution is 5.39. The van der Waals surface area contributed by atoms with Gasteiger partial charge in [-0.05, 0) is 24.0 Å². The van der Waals surface area contributed by atoms with Gasteiger partial charge in [-0.2, -0.15) is 0 Å². The summed E-state index contributed by atoms with van der Waals surface area (Å²) >= 11 is 0. The van der Waals surface area contributed by atoms with Gasteiger partial charge in [0.05, 0.1) is 9.85 Å². The Morgan fingerprint density at radius 1 is 0.538 bits per heavy atom. The first-order valence-electron chi connectivity index (χ1n) is 8.03. The summed E-state index contributed by atoms with van der Waals surface area (Å²) in [6, 6.07) is 25.6. The molecule has 0 aliphatic rings. The van der Waals surface area contributed by atoms with Crippen molar-refractivity contribution in [2.45, 2.75) is 12.8 Å². The van der Waals surface area contributed by atoms with Gasteiger partial charge in [0.1, 0.15) is 0 Å². The number of benzene rings is 3. The zero-order chi connectivity index (χ0) is 18.8. The highest BCUT2D eigenvalue weighted by Crippen LogP contribution is 2.16. The van der Waals surface area contributed by atoms with Gasteiger partial charge in [-0.1, -0.05) is 60.7 Å². The number of nitro benzene ring substituents is 2. The molecule has 0 aliphatic carbocycles. The lowest BCUT2D eigenvalue weighted by molar-refractivity contribution is -0.389. The SMILES string of the molecule is O=[N+]([O-])c1ccc([N+](=O)[O-])cc1.c1ccc(CCc2ccccc2)cc1. The lowest BCUT2D eigenvalue weighted by atomic mass is 10.0. The van der Waals surface area contributed by atoms with E-state index in [0.29, 0.717) is 0 Å². The molecule has 0 fully saturated rings. The molecule has 6 nitrogen and oxygen atoms in total. The standard InChI is InChI=1S/C14H14.C6H4N2O4/c1-3-7-13(8-4-1)11-12-14-9-5-2-6-10-14;9-7(10)5-1-2-6(4-3-5)8(11)12/h1-10H,11-12H2;1-4H. The minimum atomic E-state index is -0.607. The third-order valence-corrected chi connectivity index (χ3v) is 3.66. The van der Waals surface area contributed by atoms with Gasteiger partial charge in [-0.15, -0.1) is 0 Å². The average molecular weight is 350 g/mol.